The van der Waals surface area contributed by atoms with Gasteiger partial charge >= 0.3 is 0 Å². The van der Waals surface area contributed by atoms with Crippen LogP contribution in [0.4, 0.5) is 0 Å². The molecule has 64 valence electrons. The van der Waals surface area contributed by atoms with Crippen molar-refractivity contribution in [3.63, 3.8) is 0 Å². The molecule has 12 heavy (non-hydrogen) atoms. The molecule has 1 heteroatoms. The molecule has 0 heterocycles. The summed E-state index contributed by atoms with van der Waals surface area (Å²) in [4.78, 5) is 0. The fourth-order valence-corrected chi connectivity index (χ4v) is 2.04. The maximum Gasteiger partial charge on any atom is -0.0261 e. The Labute approximate surface area is 73.8 Å². The van der Waals surface area contributed by atoms with Crippen molar-refractivity contribution in [3.05, 3.63) is 40.7 Å². The molecule has 1 aromatic carbocycles. The number of nitrogens with zero attached hydrogens (tertiary/aromatic N) is 1. The lowest BCUT2D eigenvalue weighted by atomic mass is 10.1. The van der Waals surface area contributed by atoms with Gasteiger partial charge in [0.2, 0.25) is 0 Å². The Hall–Kier alpha value is -0.820. The van der Waals surface area contributed by atoms with E-state index in [2.05, 4.69) is 29.6 Å². The molecule has 0 N–H and O–H groups in total. The van der Waals surface area contributed by atoms with Crippen LogP contribution in [0.15, 0.2) is 24.3 Å². The van der Waals surface area contributed by atoms with E-state index in [1.165, 1.54) is 24.0 Å². The Morgan fingerprint density at radius 2 is 1.83 bits per heavy atom. The molecular formula is C11H14N-. The van der Waals surface area contributed by atoms with E-state index >= 15 is 0 Å². The van der Waals surface area contributed by atoms with Crippen LogP contribution in [0.5, 0.6) is 0 Å². The Bertz CT molecular complexity index is 242. The third-order valence-corrected chi connectivity index (χ3v) is 2.58. The van der Waals surface area contributed by atoms with Gasteiger partial charge in [-0.1, -0.05) is 30.2 Å². The van der Waals surface area contributed by atoms with Crippen molar-refractivity contribution < 1.29 is 0 Å². The lowest BCUT2D eigenvalue weighted by molar-refractivity contribution is 0.601. The minimum Gasteiger partial charge on any atom is -0.665 e. The highest BCUT2D eigenvalue weighted by Gasteiger charge is 2.16. The van der Waals surface area contributed by atoms with Gasteiger partial charge in [-0.25, -0.2) is 0 Å². The third-order valence-electron chi connectivity index (χ3n) is 2.58. The molecule has 0 aliphatic heterocycles. The van der Waals surface area contributed by atoms with Crippen molar-refractivity contribution in [1.82, 2.24) is 0 Å². The fraction of sp³-hybridized carbons (Fsp3) is 0.455. The number of hydrogen-bond donors (Lipinski definition) is 0. The molecule has 1 nitrogen and oxygen atoms in total. The van der Waals surface area contributed by atoms with Crippen LogP contribution in [0.25, 0.3) is 5.32 Å². The van der Waals surface area contributed by atoms with Crippen LogP contribution >= 0.6 is 0 Å². The predicted molar refractivity (Wildman–Crippen MR) is 51.5 cm³/mol. The first-order chi connectivity index (χ1) is 5.90. The van der Waals surface area contributed by atoms with Crippen LogP contribution in [0.3, 0.4) is 0 Å². The summed E-state index contributed by atoms with van der Waals surface area (Å²) in [5.74, 6) is 0.771. The molecule has 2 rings (SSSR count). The van der Waals surface area contributed by atoms with Crippen LogP contribution in [0.1, 0.15) is 11.1 Å². The highest BCUT2D eigenvalue weighted by molar-refractivity contribution is 5.32. The SMILES string of the molecule is C[N-]CC1Cc2ccccc2C1. The molecule has 0 aromatic heterocycles. The maximum atomic E-state index is 4.20. The normalized spacial score (nSPS) is 16.4. The van der Waals surface area contributed by atoms with E-state index in [0.29, 0.717) is 0 Å². The Morgan fingerprint density at radius 1 is 1.25 bits per heavy atom. The summed E-state index contributed by atoms with van der Waals surface area (Å²) < 4.78 is 0. The van der Waals surface area contributed by atoms with Gasteiger partial charge in [0.25, 0.3) is 0 Å². The number of rotatable bonds is 2. The molecule has 0 unspecified atom stereocenters. The first-order valence-corrected chi connectivity index (χ1v) is 4.52. The summed E-state index contributed by atoms with van der Waals surface area (Å²) in [5.41, 5.74) is 3.07. The van der Waals surface area contributed by atoms with Gasteiger partial charge in [-0.3, -0.25) is 0 Å². The number of fused-ring (bicyclic) bond motifs is 1. The molecule has 0 saturated heterocycles. The first kappa shape index (κ1) is 7.81. The molecule has 0 atom stereocenters. The standard InChI is InChI=1S/C11H14N/c1-12-8-9-6-10-4-2-3-5-11(10)7-9/h2-5,9H,6-8H2,1H3/q-1. The molecule has 1 aromatic rings. The summed E-state index contributed by atoms with van der Waals surface area (Å²) in [5, 5.41) is 4.20. The van der Waals surface area contributed by atoms with E-state index in [1.54, 1.807) is 0 Å². The van der Waals surface area contributed by atoms with E-state index in [4.69, 9.17) is 0 Å². The minimum absolute atomic E-state index is 0.771. The monoisotopic (exact) mass is 160 g/mol. The fourth-order valence-electron chi connectivity index (χ4n) is 2.04. The summed E-state index contributed by atoms with van der Waals surface area (Å²) in [6.07, 6.45) is 2.46. The third kappa shape index (κ3) is 1.37. The van der Waals surface area contributed by atoms with Gasteiger partial charge in [-0.15, -0.1) is 6.54 Å². The molecule has 0 radical (unpaired) electrons. The van der Waals surface area contributed by atoms with Crippen LogP contribution in [0, 0.1) is 5.92 Å². The largest absolute Gasteiger partial charge is 0.665 e. The molecule has 0 bridgehead atoms. The summed E-state index contributed by atoms with van der Waals surface area (Å²) >= 11 is 0. The Kier molecular flexibility index (Phi) is 2.13. The van der Waals surface area contributed by atoms with Crippen molar-refractivity contribution in [3.8, 4) is 0 Å². The number of benzene rings is 1. The smallest absolute Gasteiger partial charge is 0.0261 e. The molecule has 1 aliphatic rings. The highest BCUT2D eigenvalue weighted by atomic mass is 14.8. The molecule has 0 fully saturated rings. The maximum absolute atomic E-state index is 4.20. The molecule has 0 saturated carbocycles. The van der Waals surface area contributed by atoms with E-state index < -0.39 is 0 Å². The molecule has 0 amide bonds. The lowest BCUT2D eigenvalue weighted by Crippen LogP contribution is -2.03. The molecule has 1 aliphatic carbocycles. The highest BCUT2D eigenvalue weighted by Crippen LogP contribution is 2.26. The van der Waals surface area contributed by atoms with Gasteiger partial charge in [0.1, 0.15) is 0 Å². The zero-order valence-corrected chi connectivity index (χ0v) is 7.46. The predicted octanol–water partition coefficient (Wildman–Crippen LogP) is 2.40. The second-order valence-electron chi connectivity index (χ2n) is 3.54. The average Bonchev–Trinajstić information content (AvgIpc) is 2.47. The van der Waals surface area contributed by atoms with E-state index in [9.17, 15) is 0 Å². The van der Waals surface area contributed by atoms with E-state index in [0.717, 1.165) is 12.5 Å². The van der Waals surface area contributed by atoms with Crippen molar-refractivity contribution in [2.24, 2.45) is 5.92 Å². The summed E-state index contributed by atoms with van der Waals surface area (Å²) in [6.45, 7) is 1.02. The van der Waals surface area contributed by atoms with E-state index in [-0.39, 0.29) is 0 Å². The van der Waals surface area contributed by atoms with Gasteiger partial charge in [0.15, 0.2) is 0 Å². The van der Waals surface area contributed by atoms with Crippen molar-refractivity contribution in [2.45, 2.75) is 12.8 Å². The lowest BCUT2D eigenvalue weighted by Gasteiger charge is -2.17. The minimum atomic E-state index is 0.771. The Balaban J connectivity index is 2.11. The number of hydrogen-bond acceptors (Lipinski definition) is 0. The zero-order chi connectivity index (χ0) is 8.39. The van der Waals surface area contributed by atoms with Crippen molar-refractivity contribution in [2.75, 3.05) is 13.6 Å². The second kappa shape index (κ2) is 3.28. The second-order valence-corrected chi connectivity index (χ2v) is 3.54. The summed E-state index contributed by atoms with van der Waals surface area (Å²) in [6, 6.07) is 8.74. The van der Waals surface area contributed by atoms with Gasteiger partial charge in [0, 0.05) is 0 Å². The van der Waals surface area contributed by atoms with Crippen molar-refractivity contribution >= 4 is 0 Å². The van der Waals surface area contributed by atoms with Crippen LogP contribution in [0.2, 0.25) is 0 Å². The average molecular weight is 160 g/mol. The summed E-state index contributed by atoms with van der Waals surface area (Å²) in [7, 11) is 1.91. The topological polar surface area (TPSA) is 14.1 Å². The van der Waals surface area contributed by atoms with Crippen LogP contribution in [-0.2, 0) is 12.8 Å². The zero-order valence-electron chi connectivity index (χ0n) is 7.46. The molecule has 0 spiro atoms. The van der Waals surface area contributed by atoms with Gasteiger partial charge in [-0.05, 0) is 24.0 Å². The van der Waals surface area contributed by atoms with Gasteiger partial charge < -0.3 is 5.32 Å². The van der Waals surface area contributed by atoms with Crippen LogP contribution in [-0.4, -0.2) is 13.6 Å². The molecular weight excluding hydrogens is 146 g/mol. The van der Waals surface area contributed by atoms with E-state index in [1.807, 2.05) is 7.05 Å². The van der Waals surface area contributed by atoms with Crippen molar-refractivity contribution in [1.29, 1.82) is 0 Å². The quantitative estimate of drug-likeness (QED) is 0.630. The Morgan fingerprint density at radius 3 is 2.33 bits per heavy atom. The van der Waals surface area contributed by atoms with Gasteiger partial charge in [0.05, 0.1) is 0 Å². The van der Waals surface area contributed by atoms with Crippen LogP contribution < -0.4 is 0 Å². The first-order valence-electron chi connectivity index (χ1n) is 4.52. The van der Waals surface area contributed by atoms with Gasteiger partial charge in [-0.2, -0.15) is 7.05 Å².